The number of aromatic nitrogens is 4. The molecule has 1 aliphatic carbocycles. The van der Waals surface area contributed by atoms with Gasteiger partial charge in [0.25, 0.3) is 5.91 Å². The minimum Gasteiger partial charge on any atom is -0.384 e. The quantitative estimate of drug-likeness (QED) is 0.0891. The van der Waals surface area contributed by atoms with Crippen LogP contribution in [0.25, 0.3) is 16.9 Å². The molecule has 0 spiro atoms. The number of carbonyl (C=O) groups excluding carboxylic acids is 3. The number of nitrogens with one attached hydrogen (secondary N) is 4. The van der Waals surface area contributed by atoms with Crippen LogP contribution in [-0.2, 0) is 28.2 Å². The number of piperidine rings is 2. The number of carbonyl (C=O) groups is 3. The number of hydrogen-bond donors (Lipinski definition) is 5. The molecule has 4 aliphatic heterocycles. The molecular formula is C45H50FN11O4. The number of rotatable bonds is 12. The number of halogens is 1. The molecule has 5 aromatic rings. The van der Waals surface area contributed by atoms with E-state index in [1.165, 1.54) is 12.4 Å². The molecule has 2 atom stereocenters. The van der Waals surface area contributed by atoms with E-state index in [4.69, 9.17) is 4.98 Å². The van der Waals surface area contributed by atoms with Crippen molar-refractivity contribution in [1.29, 1.82) is 0 Å². The van der Waals surface area contributed by atoms with Gasteiger partial charge in [-0.05, 0) is 98.2 Å². The monoisotopic (exact) mass is 827 g/mol. The van der Waals surface area contributed by atoms with Gasteiger partial charge in [0.2, 0.25) is 17.8 Å². The fourth-order valence-electron chi connectivity index (χ4n) is 9.63. The first-order chi connectivity index (χ1) is 29.6. The van der Waals surface area contributed by atoms with Gasteiger partial charge in [0.1, 0.15) is 17.5 Å². The molecule has 16 heteroatoms. The SMILES string of the molecule is CC[C@@]1(O)CCc2ccc(-n3cc(F)c4cnc(Nc5ccc(NCCNC6CCN(C7CN(c8ccc9c(c8)CN(C8CCC(=O)NC8=O)C9=O)C7)CC6)cc5)nc43)nc21. The highest BCUT2D eigenvalue weighted by atomic mass is 19.1. The second-order valence-electron chi connectivity index (χ2n) is 17.0. The molecule has 3 aromatic heterocycles. The standard InChI is InChI=1S/C45H50FN11O4/c1-2-45(61)16-13-27-3-11-38(51-40(27)45)57-26-36(46)35-22-49-44(53-41(35)57)50-31-6-4-29(5-7-31)47-17-18-48-30-14-19-54(20-15-30)33-24-55(25-33)32-8-9-34-28(21-32)23-56(43(34)60)37-10-12-39(58)52-42(37)59/h3-9,11,21-22,26,30,33,37,47-48,61H,2,10,12-20,23-25H2,1H3,(H,49,50,53)(H,52,58,59)/t37?,45-/m1/s1. The van der Waals surface area contributed by atoms with Gasteiger partial charge < -0.3 is 30.9 Å². The number of aryl methyl sites for hydroxylation is 1. The molecule has 0 saturated carbocycles. The van der Waals surface area contributed by atoms with Gasteiger partial charge in [0.05, 0.1) is 11.1 Å². The summed E-state index contributed by atoms with van der Waals surface area (Å²) in [6, 6.07) is 18.1. The molecule has 0 bridgehead atoms. The van der Waals surface area contributed by atoms with E-state index in [0.29, 0.717) is 71.9 Å². The summed E-state index contributed by atoms with van der Waals surface area (Å²) in [5.41, 5.74) is 5.59. The van der Waals surface area contributed by atoms with Gasteiger partial charge in [0.15, 0.2) is 11.5 Å². The van der Waals surface area contributed by atoms with E-state index in [9.17, 15) is 19.5 Å². The minimum absolute atomic E-state index is 0.139. The fourth-order valence-corrected chi connectivity index (χ4v) is 9.63. The maximum absolute atomic E-state index is 15.0. The number of amides is 3. The zero-order valence-electron chi connectivity index (χ0n) is 34.2. The van der Waals surface area contributed by atoms with Gasteiger partial charge in [-0.2, -0.15) is 4.98 Å². The number of anilines is 4. The Bertz CT molecular complexity index is 2520. The second kappa shape index (κ2) is 15.8. The lowest BCUT2D eigenvalue weighted by Crippen LogP contribution is -2.61. The average Bonchev–Trinajstić information content (AvgIpc) is 3.89. The summed E-state index contributed by atoms with van der Waals surface area (Å²) in [7, 11) is 0. The number of imide groups is 1. The average molecular weight is 828 g/mol. The van der Waals surface area contributed by atoms with Crippen molar-refractivity contribution < 1.29 is 23.9 Å². The van der Waals surface area contributed by atoms with Crippen LogP contribution in [0.5, 0.6) is 0 Å². The Morgan fingerprint density at radius 1 is 0.934 bits per heavy atom. The highest BCUT2D eigenvalue weighted by Gasteiger charge is 2.41. The molecule has 15 nitrogen and oxygen atoms in total. The van der Waals surface area contributed by atoms with E-state index in [1.54, 1.807) is 9.47 Å². The van der Waals surface area contributed by atoms with Gasteiger partial charge in [0, 0.05) is 99.3 Å². The van der Waals surface area contributed by atoms with Crippen LogP contribution in [0.4, 0.5) is 27.4 Å². The first-order valence-electron chi connectivity index (χ1n) is 21.5. The highest BCUT2D eigenvalue weighted by molar-refractivity contribution is 6.05. The van der Waals surface area contributed by atoms with E-state index in [0.717, 1.165) is 86.7 Å². The van der Waals surface area contributed by atoms with Crippen LogP contribution in [0.1, 0.15) is 72.6 Å². The number of likely N-dealkylation sites (tertiary alicyclic amines) is 1. The van der Waals surface area contributed by atoms with Crippen molar-refractivity contribution in [2.75, 3.05) is 54.8 Å². The van der Waals surface area contributed by atoms with Crippen LogP contribution in [0, 0.1) is 5.82 Å². The summed E-state index contributed by atoms with van der Waals surface area (Å²) < 4.78 is 16.6. The lowest BCUT2D eigenvalue weighted by molar-refractivity contribution is -0.136. The lowest BCUT2D eigenvalue weighted by Gasteiger charge is -2.48. The van der Waals surface area contributed by atoms with Crippen LogP contribution in [-0.4, -0.2) is 110 Å². The maximum atomic E-state index is 15.0. The zero-order chi connectivity index (χ0) is 41.8. The first-order valence-corrected chi connectivity index (χ1v) is 21.5. The highest BCUT2D eigenvalue weighted by Crippen LogP contribution is 2.39. The summed E-state index contributed by atoms with van der Waals surface area (Å²) in [6.45, 7) is 8.01. The molecular weight excluding hydrogens is 778 g/mol. The van der Waals surface area contributed by atoms with Gasteiger partial charge >= 0.3 is 0 Å². The Hall–Kier alpha value is -5.97. The molecule has 10 rings (SSSR count). The van der Waals surface area contributed by atoms with Crippen LogP contribution in [0.3, 0.4) is 0 Å². The summed E-state index contributed by atoms with van der Waals surface area (Å²) in [5.74, 6) is -0.407. The van der Waals surface area contributed by atoms with E-state index in [1.807, 2.05) is 55.5 Å². The summed E-state index contributed by atoms with van der Waals surface area (Å²) in [4.78, 5) is 57.5. The van der Waals surface area contributed by atoms with Crippen molar-refractivity contribution in [1.82, 2.24) is 40.0 Å². The van der Waals surface area contributed by atoms with E-state index in [-0.39, 0.29) is 24.1 Å². The van der Waals surface area contributed by atoms with Crippen molar-refractivity contribution in [3.05, 3.63) is 95.2 Å². The van der Waals surface area contributed by atoms with Crippen LogP contribution in [0.2, 0.25) is 0 Å². The molecule has 5 aliphatic rings. The fraction of sp³-hybridized carbons (Fsp3) is 0.422. The van der Waals surface area contributed by atoms with Crippen LogP contribution >= 0.6 is 0 Å². The van der Waals surface area contributed by atoms with Crippen molar-refractivity contribution in [3.8, 4) is 5.82 Å². The van der Waals surface area contributed by atoms with E-state index in [2.05, 4.69) is 47.1 Å². The zero-order valence-corrected chi connectivity index (χ0v) is 34.2. The Morgan fingerprint density at radius 2 is 1.74 bits per heavy atom. The normalized spacial score (nSPS) is 22.1. The van der Waals surface area contributed by atoms with Crippen molar-refractivity contribution in [2.45, 2.75) is 82.1 Å². The van der Waals surface area contributed by atoms with E-state index >= 15 is 4.39 Å². The predicted molar refractivity (Wildman–Crippen MR) is 228 cm³/mol. The van der Waals surface area contributed by atoms with Crippen LogP contribution in [0.15, 0.2) is 67.0 Å². The molecule has 1 unspecified atom stereocenters. The maximum Gasteiger partial charge on any atom is 0.255 e. The molecule has 0 radical (unpaired) electrons. The number of hydrogen-bond acceptors (Lipinski definition) is 12. The smallest absolute Gasteiger partial charge is 0.255 e. The Balaban J connectivity index is 0.660. The first kappa shape index (κ1) is 39.2. The largest absolute Gasteiger partial charge is 0.384 e. The molecule has 3 amide bonds. The van der Waals surface area contributed by atoms with Gasteiger partial charge in [-0.3, -0.25) is 29.2 Å². The topological polar surface area (TPSA) is 173 Å². The lowest BCUT2D eigenvalue weighted by atomic mass is 9.98. The molecule has 7 heterocycles. The Morgan fingerprint density at radius 3 is 2.52 bits per heavy atom. The number of fused-ring (bicyclic) bond motifs is 3. The molecule has 61 heavy (non-hydrogen) atoms. The number of benzene rings is 2. The summed E-state index contributed by atoms with van der Waals surface area (Å²) in [5, 5.41) is 24.2. The predicted octanol–water partition coefficient (Wildman–Crippen LogP) is 4.36. The summed E-state index contributed by atoms with van der Waals surface area (Å²) >= 11 is 0. The van der Waals surface area contributed by atoms with Gasteiger partial charge in [-0.15, -0.1) is 0 Å². The van der Waals surface area contributed by atoms with Gasteiger partial charge in [-0.25, -0.2) is 14.4 Å². The van der Waals surface area contributed by atoms with Crippen molar-refractivity contribution in [3.63, 3.8) is 0 Å². The molecule has 316 valence electrons. The number of nitrogens with zero attached hydrogens (tertiary/aromatic N) is 7. The molecule has 2 aromatic carbocycles. The Labute approximate surface area is 352 Å². The van der Waals surface area contributed by atoms with Crippen LogP contribution < -0.4 is 26.2 Å². The third kappa shape index (κ3) is 7.46. The molecule has 5 N–H and O–H groups in total. The number of pyridine rings is 1. The van der Waals surface area contributed by atoms with Crippen molar-refractivity contribution >= 4 is 51.8 Å². The number of aliphatic hydroxyl groups is 1. The van der Waals surface area contributed by atoms with Gasteiger partial charge in [-0.1, -0.05) is 13.0 Å². The molecule has 3 fully saturated rings. The summed E-state index contributed by atoms with van der Waals surface area (Å²) in [6.07, 6.45) is 7.62. The second-order valence-corrected chi connectivity index (χ2v) is 17.0. The molecule has 3 saturated heterocycles. The third-order valence-electron chi connectivity index (χ3n) is 13.3. The minimum atomic E-state index is -0.973. The Kier molecular flexibility index (Phi) is 10.2. The third-order valence-corrected chi connectivity index (χ3v) is 13.3. The van der Waals surface area contributed by atoms with E-state index < -0.39 is 17.5 Å². The van der Waals surface area contributed by atoms with Crippen molar-refractivity contribution in [2.24, 2.45) is 0 Å².